The van der Waals surface area contributed by atoms with Crippen molar-refractivity contribution >= 4 is 15.9 Å². The van der Waals surface area contributed by atoms with Gasteiger partial charge < -0.3 is 9.84 Å². The van der Waals surface area contributed by atoms with E-state index in [2.05, 4.69) is 10.5 Å². The molecule has 0 bridgehead atoms. The Morgan fingerprint density at radius 1 is 1.26 bits per heavy atom. The van der Waals surface area contributed by atoms with Crippen LogP contribution in [0.3, 0.4) is 0 Å². The van der Waals surface area contributed by atoms with Crippen molar-refractivity contribution in [3.63, 3.8) is 0 Å². The van der Waals surface area contributed by atoms with E-state index >= 15 is 0 Å². The Morgan fingerprint density at radius 3 is 2.56 bits per heavy atom. The molecule has 0 radical (unpaired) electrons. The number of sulfonamides is 1. The summed E-state index contributed by atoms with van der Waals surface area (Å²) in [7, 11) is -3.64. The molecule has 3 rings (SSSR count). The van der Waals surface area contributed by atoms with Crippen LogP contribution < -0.4 is 5.32 Å². The van der Waals surface area contributed by atoms with Crippen LogP contribution in [0.4, 0.5) is 0 Å². The van der Waals surface area contributed by atoms with Crippen molar-refractivity contribution in [2.24, 2.45) is 5.92 Å². The fourth-order valence-electron chi connectivity index (χ4n) is 3.49. The van der Waals surface area contributed by atoms with Crippen LogP contribution in [0.15, 0.2) is 33.7 Å². The summed E-state index contributed by atoms with van der Waals surface area (Å²) in [4.78, 5) is 12.6. The Morgan fingerprint density at radius 2 is 1.96 bits per heavy atom. The van der Waals surface area contributed by atoms with Crippen molar-refractivity contribution in [3.8, 4) is 0 Å². The van der Waals surface area contributed by atoms with Gasteiger partial charge in [0, 0.05) is 25.6 Å². The Labute approximate surface area is 159 Å². The summed E-state index contributed by atoms with van der Waals surface area (Å²) in [6.07, 6.45) is 1.00. The lowest BCUT2D eigenvalue weighted by molar-refractivity contribution is -0.126. The second-order valence-electron chi connectivity index (χ2n) is 7.04. The SMILES string of the molecule is Cc1cccc(CNC(=O)C2CCN(S(=O)(=O)c3c(C)noc3C)CC2)c1. The van der Waals surface area contributed by atoms with Crippen LogP contribution in [0, 0.1) is 26.7 Å². The van der Waals surface area contributed by atoms with Gasteiger partial charge in [-0.25, -0.2) is 8.42 Å². The van der Waals surface area contributed by atoms with Crippen molar-refractivity contribution < 1.29 is 17.7 Å². The average molecular weight is 391 g/mol. The van der Waals surface area contributed by atoms with Crippen molar-refractivity contribution in [1.82, 2.24) is 14.8 Å². The maximum atomic E-state index is 12.8. The zero-order valence-corrected chi connectivity index (χ0v) is 16.7. The highest BCUT2D eigenvalue weighted by Crippen LogP contribution is 2.27. The maximum Gasteiger partial charge on any atom is 0.248 e. The van der Waals surface area contributed by atoms with Gasteiger partial charge in [0.2, 0.25) is 15.9 Å². The molecule has 0 spiro atoms. The summed E-state index contributed by atoms with van der Waals surface area (Å²) in [6, 6.07) is 8.00. The number of benzene rings is 1. The van der Waals surface area contributed by atoms with Gasteiger partial charge in [-0.2, -0.15) is 4.31 Å². The van der Waals surface area contributed by atoms with E-state index in [0.29, 0.717) is 43.9 Å². The number of nitrogens with zero attached hydrogens (tertiary/aromatic N) is 2. The summed E-state index contributed by atoms with van der Waals surface area (Å²) in [5, 5.41) is 6.70. The number of amides is 1. The molecular weight excluding hydrogens is 366 g/mol. The van der Waals surface area contributed by atoms with E-state index in [4.69, 9.17) is 4.52 Å². The second-order valence-corrected chi connectivity index (χ2v) is 8.91. The summed E-state index contributed by atoms with van der Waals surface area (Å²) < 4.78 is 32.1. The minimum Gasteiger partial charge on any atom is -0.360 e. The Hall–Kier alpha value is -2.19. The number of nitrogens with one attached hydrogen (secondary N) is 1. The third-order valence-corrected chi connectivity index (χ3v) is 7.08. The first-order chi connectivity index (χ1) is 12.8. The van der Waals surface area contributed by atoms with Crippen LogP contribution in [-0.2, 0) is 21.4 Å². The molecular formula is C19H25N3O4S. The predicted molar refractivity (Wildman–Crippen MR) is 100 cm³/mol. The van der Waals surface area contributed by atoms with E-state index in [0.717, 1.165) is 11.1 Å². The van der Waals surface area contributed by atoms with Gasteiger partial charge in [0.05, 0.1) is 0 Å². The van der Waals surface area contributed by atoms with Gasteiger partial charge in [-0.3, -0.25) is 4.79 Å². The number of rotatable bonds is 5. The van der Waals surface area contributed by atoms with E-state index in [9.17, 15) is 13.2 Å². The van der Waals surface area contributed by atoms with E-state index in [-0.39, 0.29) is 16.7 Å². The van der Waals surface area contributed by atoms with Gasteiger partial charge in [-0.05, 0) is 39.2 Å². The van der Waals surface area contributed by atoms with Gasteiger partial charge in [-0.1, -0.05) is 35.0 Å². The molecule has 0 atom stereocenters. The molecule has 0 aliphatic carbocycles. The summed E-state index contributed by atoms with van der Waals surface area (Å²) in [6.45, 7) is 6.34. The molecule has 1 N–H and O–H groups in total. The smallest absolute Gasteiger partial charge is 0.248 e. The number of hydrogen-bond acceptors (Lipinski definition) is 5. The second kappa shape index (κ2) is 7.82. The van der Waals surface area contributed by atoms with Crippen LogP contribution >= 0.6 is 0 Å². The molecule has 146 valence electrons. The monoisotopic (exact) mass is 391 g/mol. The fourth-order valence-corrected chi connectivity index (χ4v) is 5.25. The molecule has 0 unspecified atom stereocenters. The third kappa shape index (κ3) is 4.22. The molecule has 1 aliphatic heterocycles. The van der Waals surface area contributed by atoms with E-state index in [1.807, 2.05) is 31.2 Å². The number of hydrogen-bond donors (Lipinski definition) is 1. The zero-order chi connectivity index (χ0) is 19.6. The first-order valence-corrected chi connectivity index (χ1v) is 10.5. The van der Waals surface area contributed by atoms with Crippen LogP contribution in [0.25, 0.3) is 0 Å². The summed E-state index contributed by atoms with van der Waals surface area (Å²) in [5.74, 6) is 0.0994. The van der Waals surface area contributed by atoms with Crippen molar-refractivity contribution in [1.29, 1.82) is 0 Å². The summed E-state index contributed by atoms with van der Waals surface area (Å²) in [5.41, 5.74) is 2.58. The number of aromatic nitrogens is 1. The Balaban J connectivity index is 1.57. The first kappa shape index (κ1) is 19.6. The zero-order valence-electron chi connectivity index (χ0n) is 15.9. The molecule has 0 saturated carbocycles. The molecule has 1 fully saturated rings. The van der Waals surface area contributed by atoms with Crippen LogP contribution in [0.2, 0.25) is 0 Å². The van der Waals surface area contributed by atoms with Gasteiger partial charge >= 0.3 is 0 Å². The van der Waals surface area contributed by atoms with E-state index in [1.165, 1.54) is 4.31 Å². The molecule has 8 heteroatoms. The standard InChI is InChI=1S/C19H25N3O4S/c1-13-5-4-6-16(11-13)12-20-19(23)17-7-9-22(10-8-17)27(24,25)18-14(2)21-26-15(18)3/h4-6,11,17H,7-10,12H2,1-3H3,(H,20,23). The minimum absolute atomic E-state index is 0.0223. The Kier molecular flexibility index (Phi) is 5.67. The largest absolute Gasteiger partial charge is 0.360 e. The lowest BCUT2D eigenvalue weighted by Gasteiger charge is -2.30. The van der Waals surface area contributed by atoms with Gasteiger partial charge in [0.1, 0.15) is 10.6 Å². The molecule has 1 amide bonds. The summed E-state index contributed by atoms with van der Waals surface area (Å²) >= 11 is 0. The lowest BCUT2D eigenvalue weighted by atomic mass is 9.97. The van der Waals surface area contributed by atoms with Crippen LogP contribution in [-0.4, -0.2) is 36.9 Å². The molecule has 1 saturated heterocycles. The molecule has 7 nitrogen and oxygen atoms in total. The van der Waals surface area contributed by atoms with Gasteiger partial charge in [0.15, 0.2) is 5.76 Å². The highest BCUT2D eigenvalue weighted by atomic mass is 32.2. The number of piperidine rings is 1. The normalized spacial score (nSPS) is 16.4. The van der Waals surface area contributed by atoms with Crippen LogP contribution in [0.1, 0.15) is 35.4 Å². The van der Waals surface area contributed by atoms with Crippen molar-refractivity contribution in [3.05, 3.63) is 46.8 Å². The molecule has 27 heavy (non-hydrogen) atoms. The molecule has 1 aromatic carbocycles. The molecule has 2 heterocycles. The predicted octanol–water partition coefficient (Wildman–Crippen LogP) is 2.32. The lowest BCUT2D eigenvalue weighted by Crippen LogP contribution is -2.43. The topological polar surface area (TPSA) is 92.5 Å². The Bertz CT molecular complexity index is 909. The van der Waals surface area contributed by atoms with Gasteiger partial charge in [-0.15, -0.1) is 0 Å². The average Bonchev–Trinajstić information content (AvgIpc) is 2.99. The van der Waals surface area contributed by atoms with Crippen molar-refractivity contribution in [2.45, 2.75) is 45.1 Å². The first-order valence-electron chi connectivity index (χ1n) is 9.05. The fraction of sp³-hybridized carbons (Fsp3) is 0.474. The van der Waals surface area contributed by atoms with Gasteiger partial charge in [0.25, 0.3) is 0 Å². The van der Waals surface area contributed by atoms with E-state index in [1.54, 1.807) is 13.8 Å². The number of carbonyl (C=O) groups excluding carboxylic acids is 1. The molecule has 1 aliphatic rings. The quantitative estimate of drug-likeness (QED) is 0.844. The minimum atomic E-state index is -3.64. The highest BCUT2D eigenvalue weighted by molar-refractivity contribution is 7.89. The molecule has 1 aromatic heterocycles. The number of carbonyl (C=O) groups is 1. The maximum absolute atomic E-state index is 12.8. The molecule has 2 aromatic rings. The van der Waals surface area contributed by atoms with E-state index < -0.39 is 10.0 Å². The number of aryl methyl sites for hydroxylation is 3. The third-order valence-electron chi connectivity index (χ3n) is 4.94. The highest BCUT2D eigenvalue weighted by Gasteiger charge is 2.35. The van der Waals surface area contributed by atoms with Crippen molar-refractivity contribution in [2.75, 3.05) is 13.1 Å². The van der Waals surface area contributed by atoms with Crippen LogP contribution in [0.5, 0.6) is 0 Å².